The van der Waals surface area contributed by atoms with Crippen molar-refractivity contribution in [3.63, 3.8) is 0 Å². The summed E-state index contributed by atoms with van der Waals surface area (Å²) in [7, 11) is 0. The van der Waals surface area contributed by atoms with Gasteiger partial charge in [-0.15, -0.1) is 0 Å². The van der Waals surface area contributed by atoms with Crippen molar-refractivity contribution in [2.24, 2.45) is 0 Å². The van der Waals surface area contributed by atoms with Gasteiger partial charge in [-0.25, -0.2) is 13.2 Å². The van der Waals surface area contributed by atoms with Crippen molar-refractivity contribution in [1.82, 2.24) is 5.32 Å². The third kappa shape index (κ3) is 3.02. The lowest BCUT2D eigenvalue weighted by molar-refractivity contribution is 0.441. The van der Waals surface area contributed by atoms with Crippen molar-refractivity contribution in [1.29, 1.82) is 0 Å². The van der Waals surface area contributed by atoms with Crippen LogP contribution in [0, 0.1) is 17.5 Å². The molecule has 2 atom stereocenters. The minimum atomic E-state index is -0.880. The Labute approximate surface area is 116 Å². The van der Waals surface area contributed by atoms with Crippen LogP contribution < -0.4 is 5.32 Å². The van der Waals surface area contributed by atoms with E-state index in [1.165, 1.54) is 18.2 Å². The molecule has 0 aliphatic rings. The van der Waals surface area contributed by atoms with Gasteiger partial charge >= 0.3 is 0 Å². The average Bonchev–Trinajstić information content (AvgIpc) is 2.42. The van der Waals surface area contributed by atoms with Gasteiger partial charge in [0.2, 0.25) is 0 Å². The lowest BCUT2D eigenvalue weighted by atomic mass is 10.0. The molecule has 0 amide bonds. The fraction of sp³-hybridized carbons (Fsp3) is 0.250. The summed E-state index contributed by atoms with van der Waals surface area (Å²) in [5.74, 6) is -2.07. The Morgan fingerprint density at radius 1 is 0.750 bits per heavy atom. The Morgan fingerprint density at radius 2 is 1.30 bits per heavy atom. The second-order valence-corrected chi connectivity index (χ2v) is 4.77. The van der Waals surface area contributed by atoms with Gasteiger partial charge in [0.25, 0.3) is 0 Å². The molecule has 0 aliphatic carbocycles. The smallest absolute Gasteiger partial charge is 0.163 e. The quantitative estimate of drug-likeness (QED) is 0.868. The number of benzene rings is 2. The van der Waals surface area contributed by atoms with Crippen LogP contribution in [0.25, 0.3) is 0 Å². The SMILES string of the molecule is CC(N[C@H](C)c1ccccc1F)c1cccc(F)c1F. The van der Waals surface area contributed by atoms with Crippen molar-refractivity contribution >= 4 is 0 Å². The van der Waals surface area contributed by atoms with E-state index in [2.05, 4.69) is 5.32 Å². The van der Waals surface area contributed by atoms with Crippen molar-refractivity contribution in [3.05, 3.63) is 71.0 Å². The molecule has 0 fully saturated rings. The molecule has 0 heterocycles. The Hall–Kier alpha value is -1.81. The molecule has 0 aliphatic heterocycles. The van der Waals surface area contributed by atoms with E-state index in [4.69, 9.17) is 0 Å². The standard InChI is InChI=1S/C16H16F3N/c1-10(12-6-3-4-8-14(12)17)20-11(2)13-7-5-9-15(18)16(13)19/h3-11,20H,1-2H3/t10-,11?/m1/s1. The average molecular weight is 279 g/mol. The molecule has 2 aromatic carbocycles. The highest BCUT2D eigenvalue weighted by atomic mass is 19.2. The number of halogens is 3. The van der Waals surface area contributed by atoms with Gasteiger partial charge in [-0.1, -0.05) is 30.3 Å². The summed E-state index contributed by atoms with van der Waals surface area (Å²) in [6.07, 6.45) is 0. The second kappa shape index (κ2) is 6.09. The molecule has 0 aromatic heterocycles. The molecule has 0 saturated heterocycles. The highest BCUT2D eigenvalue weighted by molar-refractivity contribution is 5.24. The molecule has 0 spiro atoms. The van der Waals surface area contributed by atoms with Crippen LogP contribution in [0.5, 0.6) is 0 Å². The predicted octanol–water partition coefficient (Wildman–Crippen LogP) is 4.52. The molecule has 20 heavy (non-hydrogen) atoms. The summed E-state index contributed by atoms with van der Waals surface area (Å²) in [6, 6.07) is 9.71. The van der Waals surface area contributed by atoms with Gasteiger partial charge in [0.05, 0.1) is 0 Å². The molecule has 1 nitrogen and oxygen atoms in total. The molecule has 0 bridgehead atoms. The van der Waals surface area contributed by atoms with Gasteiger partial charge in [-0.3, -0.25) is 0 Å². The molecule has 0 radical (unpaired) electrons. The lowest BCUT2D eigenvalue weighted by Gasteiger charge is -2.21. The van der Waals surface area contributed by atoms with Crippen LogP contribution in [-0.2, 0) is 0 Å². The van der Waals surface area contributed by atoms with E-state index in [1.807, 2.05) is 0 Å². The Bertz CT molecular complexity index is 598. The number of hydrogen-bond donors (Lipinski definition) is 1. The molecule has 1 N–H and O–H groups in total. The lowest BCUT2D eigenvalue weighted by Crippen LogP contribution is -2.24. The fourth-order valence-electron chi connectivity index (χ4n) is 2.24. The van der Waals surface area contributed by atoms with E-state index in [1.54, 1.807) is 32.0 Å². The van der Waals surface area contributed by atoms with Crippen molar-refractivity contribution in [3.8, 4) is 0 Å². The van der Waals surface area contributed by atoms with Crippen molar-refractivity contribution in [2.75, 3.05) is 0 Å². The van der Waals surface area contributed by atoms with Crippen LogP contribution >= 0.6 is 0 Å². The van der Waals surface area contributed by atoms with Gasteiger partial charge in [0.15, 0.2) is 11.6 Å². The predicted molar refractivity (Wildman–Crippen MR) is 72.7 cm³/mol. The highest BCUT2D eigenvalue weighted by Crippen LogP contribution is 2.23. The van der Waals surface area contributed by atoms with E-state index >= 15 is 0 Å². The third-order valence-corrected chi connectivity index (χ3v) is 3.32. The van der Waals surface area contributed by atoms with Crippen LogP contribution in [0.1, 0.15) is 37.1 Å². The largest absolute Gasteiger partial charge is 0.303 e. The first-order valence-corrected chi connectivity index (χ1v) is 6.45. The van der Waals surface area contributed by atoms with Gasteiger partial charge in [-0.2, -0.15) is 0 Å². The number of hydrogen-bond acceptors (Lipinski definition) is 1. The summed E-state index contributed by atoms with van der Waals surface area (Å²) >= 11 is 0. The maximum atomic E-state index is 13.7. The second-order valence-electron chi connectivity index (χ2n) is 4.77. The Morgan fingerprint density at radius 3 is 2.00 bits per heavy atom. The number of rotatable bonds is 4. The van der Waals surface area contributed by atoms with Gasteiger partial charge in [0, 0.05) is 23.2 Å². The topological polar surface area (TPSA) is 12.0 Å². The molecular formula is C16H16F3N. The summed E-state index contributed by atoms with van der Waals surface area (Å²) < 4.78 is 40.6. The van der Waals surface area contributed by atoms with Crippen molar-refractivity contribution in [2.45, 2.75) is 25.9 Å². The summed E-state index contributed by atoms with van der Waals surface area (Å²) in [4.78, 5) is 0. The minimum absolute atomic E-state index is 0.230. The van der Waals surface area contributed by atoms with Crippen molar-refractivity contribution < 1.29 is 13.2 Å². The first kappa shape index (κ1) is 14.6. The maximum Gasteiger partial charge on any atom is 0.163 e. The van der Waals surface area contributed by atoms with Crippen LogP contribution in [0.4, 0.5) is 13.2 Å². The van der Waals surface area contributed by atoms with Gasteiger partial charge < -0.3 is 5.32 Å². The van der Waals surface area contributed by atoms with Gasteiger partial charge in [0.1, 0.15) is 5.82 Å². The Balaban J connectivity index is 2.17. The first-order valence-electron chi connectivity index (χ1n) is 6.45. The molecule has 2 aromatic rings. The first-order chi connectivity index (χ1) is 9.50. The normalized spacial score (nSPS) is 14.1. The molecule has 1 unspecified atom stereocenters. The summed E-state index contributed by atoms with van der Waals surface area (Å²) in [5, 5.41) is 3.07. The maximum absolute atomic E-state index is 13.7. The number of nitrogens with one attached hydrogen (secondary N) is 1. The Kier molecular flexibility index (Phi) is 4.45. The fourth-order valence-corrected chi connectivity index (χ4v) is 2.24. The highest BCUT2D eigenvalue weighted by Gasteiger charge is 2.18. The van der Waals surface area contributed by atoms with E-state index in [0.717, 1.165) is 6.07 Å². The monoisotopic (exact) mass is 279 g/mol. The zero-order valence-electron chi connectivity index (χ0n) is 11.3. The summed E-state index contributed by atoms with van der Waals surface area (Å²) in [5.41, 5.74) is 0.726. The molecule has 0 saturated carbocycles. The van der Waals surface area contributed by atoms with Crippen LogP contribution in [-0.4, -0.2) is 0 Å². The molecule has 4 heteroatoms. The van der Waals surface area contributed by atoms with Crippen LogP contribution in [0.15, 0.2) is 42.5 Å². The molecule has 106 valence electrons. The molecule has 2 rings (SSSR count). The third-order valence-electron chi connectivity index (χ3n) is 3.32. The van der Waals surface area contributed by atoms with E-state index < -0.39 is 17.7 Å². The molecular weight excluding hydrogens is 263 g/mol. The van der Waals surface area contributed by atoms with Gasteiger partial charge in [-0.05, 0) is 26.0 Å². The zero-order valence-corrected chi connectivity index (χ0v) is 11.3. The van der Waals surface area contributed by atoms with E-state index in [-0.39, 0.29) is 17.4 Å². The van der Waals surface area contributed by atoms with Crippen LogP contribution in [0.3, 0.4) is 0 Å². The minimum Gasteiger partial charge on any atom is -0.303 e. The zero-order chi connectivity index (χ0) is 14.7. The van der Waals surface area contributed by atoms with E-state index in [9.17, 15) is 13.2 Å². The van der Waals surface area contributed by atoms with Crippen LogP contribution in [0.2, 0.25) is 0 Å². The van der Waals surface area contributed by atoms with E-state index in [0.29, 0.717) is 5.56 Å². The summed E-state index contributed by atoms with van der Waals surface area (Å²) in [6.45, 7) is 3.50.